The number of benzene rings is 1. The van der Waals surface area contributed by atoms with E-state index in [1.807, 2.05) is 12.1 Å². The van der Waals surface area contributed by atoms with Gasteiger partial charge in [-0.25, -0.2) is 0 Å². The largest absolute Gasteiger partial charge is 0.494 e. The maximum atomic E-state index is 5.51. The van der Waals surface area contributed by atoms with Crippen molar-refractivity contribution >= 4 is 0 Å². The number of ether oxygens (including phenoxy) is 1. The molecule has 0 saturated carbocycles. The Bertz CT molecular complexity index is 324. The zero-order chi connectivity index (χ0) is 11.6. The number of hydrogen-bond donors (Lipinski definition) is 1. The van der Waals surface area contributed by atoms with Gasteiger partial charge in [-0.1, -0.05) is 19.1 Å². The van der Waals surface area contributed by atoms with Gasteiger partial charge in [0, 0.05) is 19.5 Å². The van der Waals surface area contributed by atoms with E-state index in [9.17, 15) is 0 Å². The molecule has 1 aromatic rings. The standard InChI is InChI=1S/C14H19NO/c1-3-5-10-15-12-13-6-8-14(9-7-13)16-11-4-2/h1,6-9,15H,4-5,10-12H2,2H3. The first-order valence-electron chi connectivity index (χ1n) is 5.72. The summed E-state index contributed by atoms with van der Waals surface area (Å²) in [5, 5.41) is 3.28. The molecule has 0 heterocycles. The molecule has 0 aromatic heterocycles. The highest BCUT2D eigenvalue weighted by molar-refractivity contribution is 5.27. The monoisotopic (exact) mass is 217 g/mol. The van der Waals surface area contributed by atoms with Crippen LogP contribution in [-0.2, 0) is 6.54 Å². The third kappa shape index (κ3) is 4.86. The maximum Gasteiger partial charge on any atom is 0.119 e. The zero-order valence-electron chi connectivity index (χ0n) is 9.83. The topological polar surface area (TPSA) is 21.3 Å². The van der Waals surface area contributed by atoms with Crippen LogP contribution in [0.3, 0.4) is 0 Å². The lowest BCUT2D eigenvalue weighted by molar-refractivity contribution is 0.317. The lowest BCUT2D eigenvalue weighted by Crippen LogP contribution is -2.13. The van der Waals surface area contributed by atoms with Crippen molar-refractivity contribution in [2.75, 3.05) is 13.2 Å². The van der Waals surface area contributed by atoms with Crippen molar-refractivity contribution in [2.45, 2.75) is 26.3 Å². The first-order chi connectivity index (χ1) is 7.86. The van der Waals surface area contributed by atoms with E-state index in [1.54, 1.807) is 0 Å². The highest BCUT2D eigenvalue weighted by Gasteiger charge is 1.94. The van der Waals surface area contributed by atoms with Crippen LogP contribution in [0.1, 0.15) is 25.3 Å². The Morgan fingerprint density at radius 3 is 2.69 bits per heavy atom. The van der Waals surface area contributed by atoms with Crippen LogP contribution in [0.4, 0.5) is 0 Å². The molecule has 0 unspecified atom stereocenters. The quantitative estimate of drug-likeness (QED) is 0.560. The summed E-state index contributed by atoms with van der Waals surface area (Å²) < 4.78 is 5.51. The van der Waals surface area contributed by atoms with Gasteiger partial charge < -0.3 is 10.1 Å². The molecule has 0 fully saturated rings. The Morgan fingerprint density at radius 1 is 1.31 bits per heavy atom. The van der Waals surface area contributed by atoms with Crippen LogP contribution in [0.5, 0.6) is 5.75 Å². The summed E-state index contributed by atoms with van der Waals surface area (Å²) in [4.78, 5) is 0. The second-order valence-corrected chi connectivity index (χ2v) is 3.62. The van der Waals surface area contributed by atoms with Gasteiger partial charge in [-0.15, -0.1) is 12.3 Å². The van der Waals surface area contributed by atoms with Crippen LogP contribution in [0, 0.1) is 12.3 Å². The molecule has 1 N–H and O–H groups in total. The Kier molecular flexibility index (Phi) is 6.13. The molecule has 1 rings (SSSR count). The summed E-state index contributed by atoms with van der Waals surface area (Å²) in [7, 11) is 0. The minimum Gasteiger partial charge on any atom is -0.494 e. The van der Waals surface area contributed by atoms with Gasteiger partial charge in [-0.05, 0) is 24.1 Å². The average molecular weight is 217 g/mol. The molecule has 0 aliphatic carbocycles. The molecule has 2 nitrogen and oxygen atoms in total. The summed E-state index contributed by atoms with van der Waals surface area (Å²) in [5.74, 6) is 3.54. The van der Waals surface area contributed by atoms with Gasteiger partial charge in [-0.3, -0.25) is 0 Å². The van der Waals surface area contributed by atoms with Crippen LogP contribution in [0.25, 0.3) is 0 Å². The third-order valence-corrected chi connectivity index (χ3v) is 2.17. The van der Waals surface area contributed by atoms with Gasteiger partial charge in [0.05, 0.1) is 6.61 Å². The molecule has 86 valence electrons. The van der Waals surface area contributed by atoms with Crippen molar-refractivity contribution < 1.29 is 4.74 Å². The van der Waals surface area contributed by atoms with E-state index in [1.165, 1.54) is 5.56 Å². The van der Waals surface area contributed by atoms with E-state index in [0.29, 0.717) is 0 Å². The molecule has 0 saturated heterocycles. The number of terminal acetylenes is 1. The Labute approximate surface area is 98.0 Å². The highest BCUT2D eigenvalue weighted by atomic mass is 16.5. The Morgan fingerprint density at radius 2 is 2.06 bits per heavy atom. The SMILES string of the molecule is C#CCCNCc1ccc(OCCC)cc1. The summed E-state index contributed by atoms with van der Waals surface area (Å²) >= 11 is 0. The van der Waals surface area contributed by atoms with Crippen LogP contribution in [0.2, 0.25) is 0 Å². The van der Waals surface area contributed by atoms with Gasteiger partial charge in [0.2, 0.25) is 0 Å². The predicted octanol–water partition coefficient (Wildman–Crippen LogP) is 2.59. The smallest absolute Gasteiger partial charge is 0.119 e. The lowest BCUT2D eigenvalue weighted by atomic mass is 10.2. The Balaban J connectivity index is 2.31. The fourth-order valence-corrected chi connectivity index (χ4v) is 1.32. The van der Waals surface area contributed by atoms with Crippen LogP contribution in [-0.4, -0.2) is 13.2 Å². The van der Waals surface area contributed by atoms with Gasteiger partial charge in [0.15, 0.2) is 0 Å². The third-order valence-electron chi connectivity index (χ3n) is 2.17. The van der Waals surface area contributed by atoms with Gasteiger partial charge in [-0.2, -0.15) is 0 Å². The summed E-state index contributed by atoms with van der Waals surface area (Å²) in [6.45, 7) is 4.60. The molecular formula is C14H19NO. The molecule has 0 aliphatic rings. The highest BCUT2D eigenvalue weighted by Crippen LogP contribution is 2.12. The van der Waals surface area contributed by atoms with Crippen molar-refractivity contribution in [3.63, 3.8) is 0 Å². The van der Waals surface area contributed by atoms with E-state index in [0.717, 1.165) is 38.3 Å². The van der Waals surface area contributed by atoms with E-state index in [-0.39, 0.29) is 0 Å². The second-order valence-electron chi connectivity index (χ2n) is 3.62. The first-order valence-corrected chi connectivity index (χ1v) is 5.72. The molecule has 1 aromatic carbocycles. The molecule has 0 bridgehead atoms. The average Bonchev–Trinajstić information content (AvgIpc) is 2.33. The van der Waals surface area contributed by atoms with Crippen molar-refractivity contribution in [3.05, 3.63) is 29.8 Å². The van der Waals surface area contributed by atoms with Crippen LogP contribution < -0.4 is 10.1 Å². The first kappa shape index (κ1) is 12.6. The molecule has 0 radical (unpaired) electrons. The summed E-state index contributed by atoms with van der Waals surface area (Å²) in [6.07, 6.45) is 6.98. The lowest BCUT2D eigenvalue weighted by Gasteiger charge is -2.06. The minimum absolute atomic E-state index is 0.775. The number of hydrogen-bond acceptors (Lipinski definition) is 2. The van der Waals surface area contributed by atoms with Crippen molar-refractivity contribution in [1.29, 1.82) is 0 Å². The molecule has 0 amide bonds. The predicted molar refractivity (Wildman–Crippen MR) is 67.4 cm³/mol. The van der Waals surface area contributed by atoms with Crippen molar-refractivity contribution in [2.24, 2.45) is 0 Å². The second kappa shape index (κ2) is 7.78. The van der Waals surface area contributed by atoms with Crippen molar-refractivity contribution in [3.8, 4) is 18.1 Å². The van der Waals surface area contributed by atoms with Gasteiger partial charge in [0.1, 0.15) is 5.75 Å². The van der Waals surface area contributed by atoms with Gasteiger partial charge >= 0.3 is 0 Å². The minimum atomic E-state index is 0.775. The molecular weight excluding hydrogens is 198 g/mol. The maximum absolute atomic E-state index is 5.51. The molecule has 0 spiro atoms. The van der Waals surface area contributed by atoms with Crippen LogP contribution >= 0.6 is 0 Å². The number of rotatable bonds is 7. The van der Waals surface area contributed by atoms with E-state index in [4.69, 9.17) is 11.2 Å². The molecule has 16 heavy (non-hydrogen) atoms. The van der Waals surface area contributed by atoms with E-state index >= 15 is 0 Å². The normalized spacial score (nSPS) is 9.75. The number of nitrogens with one attached hydrogen (secondary N) is 1. The van der Waals surface area contributed by atoms with E-state index in [2.05, 4.69) is 30.3 Å². The summed E-state index contributed by atoms with van der Waals surface area (Å²) in [6, 6.07) is 8.17. The van der Waals surface area contributed by atoms with Gasteiger partial charge in [0.25, 0.3) is 0 Å². The Hall–Kier alpha value is -1.46. The fraction of sp³-hybridized carbons (Fsp3) is 0.429. The van der Waals surface area contributed by atoms with E-state index < -0.39 is 0 Å². The molecule has 0 atom stereocenters. The zero-order valence-corrected chi connectivity index (χ0v) is 9.83. The fourth-order valence-electron chi connectivity index (χ4n) is 1.32. The summed E-state index contributed by atoms with van der Waals surface area (Å²) in [5.41, 5.74) is 1.25. The molecule has 2 heteroatoms. The van der Waals surface area contributed by atoms with Crippen molar-refractivity contribution in [1.82, 2.24) is 5.32 Å². The molecule has 0 aliphatic heterocycles. The van der Waals surface area contributed by atoms with Crippen LogP contribution in [0.15, 0.2) is 24.3 Å².